The number of hydrogen-bond donors (Lipinski definition) is 2. The van der Waals surface area contributed by atoms with Crippen LogP contribution in [0.3, 0.4) is 0 Å². The van der Waals surface area contributed by atoms with E-state index in [9.17, 15) is 10.5 Å². The van der Waals surface area contributed by atoms with Gasteiger partial charge in [-0.1, -0.05) is 48.5 Å². The summed E-state index contributed by atoms with van der Waals surface area (Å²) in [6, 6.07) is 22.8. The molecule has 0 bridgehead atoms. The maximum absolute atomic E-state index is 9.67. The van der Waals surface area contributed by atoms with Crippen LogP contribution in [0.15, 0.2) is 60.7 Å². The lowest BCUT2D eigenvalue weighted by atomic mass is 10.1. The van der Waals surface area contributed by atoms with Gasteiger partial charge in [0.05, 0.1) is 5.69 Å². The van der Waals surface area contributed by atoms with Crippen molar-refractivity contribution >= 4 is 23.0 Å². The maximum Gasteiger partial charge on any atom is 0.178 e. The van der Waals surface area contributed by atoms with Gasteiger partial charge < -0.3 is 11.1 Å². The fourth-order valence-electron chi connectivity index (χ4n) is 2.83. The van der Waals surface area contributed by atoms with Crippen molar-refractivity contribution in [2.45, 2.75) is 0 Å². The van der Waals surface area contributed by atoms with Gasteiger partial charge in [-0.25, -0.2) is 4.98 Å². The van der Waals surface area contributed by atoms with Crippen LogP contribution >= 0.6 is 0 Å². The Hall–Kier alpha value is -4.36. The van der Waals surface area contributed by atoms with E-state index in [-0.39, 0.29) is 16.9 Å². The largest absolute Gasteiger partial charge is 0.382 e. The Kier molecular flexibility index (Phi) is 3.89. The standard InChI is InChI=1S/C20H13N7/c21-11-15-17(13-7-3-1-4-8-13)25-20-16(12-22)19(26-27(20)18(15)23)24-14-9-5-2-6-10-14/h1-10H,23H2,(H,24,26). The molecule has 2 heterocycles. The number of fused-ring (bicyclic) bond motifs is 1. The molecule has 0 amide bonds. The zero-order valence-electron chi connectivity index (χ0n) is 14.1. The van der Waals surface area contributed by atoms with Crippen molar-refractivity contribution in [3.05, 3.63) is 71.8 Å². The Morgan fingerprint density at radius 2 is 1.52 bits per heavy atom. The summed E-state index contributed by atoms with van der Waals surface area (Å²) in [5, 5.41) is 26.7. The third kappa shape index (κ3) is 2.70. The summed E-state index contributed by atoms with van der Waals surface area (Å²) in [5.41, 5.74) is 8.91. The first-order valence-corrected chi connectivity index (χ1v) is 8.13. The fourth-order valence-corrected chi connectivity index (χ4v) is 2.83. The summed E-state index contributed by atoms with van der Waals surface area (Å²) < 4.78 is 1.33. The second-order valence-corrected chi connectivity index (χ2v) is 5.76. The van der Waals surface area contributed by atoms with Gasteiger partial charge in [0.15, 0.2) is 11.5 Å². The van der Waals surface area contributed by atoms with Gasteiger partial charge in [-0.05, 0) is 12.1 Å². The zero-order valence-corrected chi connectivity index (χ0v) is 14.1. The number of nitrogens with two attached hydrogens (primary N) is 1. The molecule has 0 spiro atoms. The van der Waals surface area contributed by atoms with Crippen molar-refractivity contribution in [1.29, 1.82) is 10.5 Å². The van der Waals surface area contributed by atoms with Crippen molar-refractivity contribution in [1.82, 2.24) is 14.6 Å². The van der Waals surface area contributed by atoms with Crippen LogP contribution in [0.25, 0.3) is 16.9 Å². The number of nitrogens with one attached hydrogen (secondary N) is 1. The van der Waals surface area contributed by atoms with Gasteiger partial charge in [0.1, 0.15) is 29.1 Å². The van der Waals surface area contributed by atoms with E-state index in [2.05, 4.69) is 27.5 Å². The number of nitriles is 2. The van der Waals surface area contributed by atoms with Crippen LogP contribution < -0.4 is 11.1 Å². The summed E-state index contributed by atoms with van der Waals surface area (Å²) in [6.07, 6.45) is 0. The van der Waals surface area contributed by atoms with Gasteiger partial charge in [-0.3, -0.25) is 0 Å². The van der Waals surface area contributed by atoms with E-state index >= 15 is 0 Å². The lowest BCUT2D eigenvalue weighted by Gasteiger charge is -2.07. The highest BCUT2D eigenvalue weighted by molar-refractivity contribution is 5.80. The minimum atomic E-state index is 0.138. The molecule has 0 unspecified atom stereocenters. The molecule has 7 nitrogen and oxygen atoms in total. The molecule has 4 rings (SSSR count). The average Bonchev–Trinajstić information content (AvgIpc) is 3.06. The molecule has 7 heteroatoms. The van der Waals surface area contributed by atoms with Gasteiger partial charge in [-0.2, -0.15) is 15.0 Å². The Bertz CT molecular complexity index is 1210. The van der Waals surface area contributed by atoms with Gasteiger partial charge in [0.2, 0.25) is 0 Å². The lowest BCUT2D eigenvalue weighted by molar-refractivity contribution is 0.953. The third-order valence-corrected chi connectivity index (χ3v) is 4.11. The molecule has 0 aliphatic rings. The summed E-state index contributed by atoms with van der Waals surface area (Å²) in [4.78, 5) is 4.55. The van der Waals surface area contributed by atoms with E-state index in [1.54, 1.807) is 0 Å². The second-order valence-electron chi connectivity index (χ2n) is 5.76. The Morgan fingerprint density at radius 3 is 2.15 bits per heavy atom. The van der Waals surface area contributed by atoms with E-state index < -0.39 is 0 Å². The average molecular weight is 351 g/mol. The number of hydrogen-bond acceptors (Lipinski definition) is 6. The fraction of sp³-hybridized carbons (Fsp3) is 0. The number of aromatic nitrogens is 3. The Labute approximate surface area is 154 Å². The SMILES string of the molecule is N#Cc1c(-c2ccccc2)nc2c(C#N)c(Nc3ccccc3)nn2c1N. The van der Waals surface area contributed by atoms with Gasteiger partial charge in [-0.15, -0.1) is 5.10 Å². The van der Waals surface area contributed by atoms with Crippen molar-refractivity contribution in [3.8, 4) is 23.4 Å². The molecule has 0 aliphatic heterocycles. The maximum atomic E-state index is 9.67. The van der Waals surface area contributed by atoms with Crippen LogP contribution in [-0.2, 0) is 0 Å². The molecule has 2 aromatic heterocycles. The predicted molar refractivity (Wildman–Crippen MR) is 102 cm³/mol. The van der Waals surface area contributed by atoms with Crippen LogP contribution in [0.4, 0.5) is 17.3 Å². The minimum absolute atomic E-state index is 0.138. The summed E-state index contributed by atoms with van der Waals surface area (Å²) in [7, 11) is 0. The number of para-hydroxylation sites is 1. The third-order valence-electron chi connectivity index (χ3n) is 4.11. The van der Waals surface area contributed by atoms with Crippen molar-refractivity contribution in [2.24, 2.45) is 0 Å². The van der Waals surface area contributed by atoms with Crippen molar-refractivity contribution < 1.29 is 0 Å². The number of rotatable bonds is 3. The molecule has 0 saturated carbocycles. The van der Waals surface area contributed by atoms with E-state index in [1.807, 2.05) is 60.7 Å². The smallest absolute Gasteiger partial charge is 0.178 e. The van der Waals surface area contributed by atoms with Crippen LogP contribution in [-0.4, -0.2) is 14.6 Å². The lowest BCUT2D eigenvalue weighted by Crippen LogP contribution is -2.06. The van der Waals surface area contributed by atoms with E-state index in [4.69, 9.17) is 5.73 Å². The highest BCUT2D eigenvalue weighted by Gasteiger charge is 2.21. The highest BCUT2D eigenvalue weighted by atomic mass is 15.3. The quantitative estimate of drug-likeness (QED) is 0.584. The van der Waals surface area contributed by atoms with Crippen LogP contribution in [0.2, 0.25) is 0 Å². The van der Waals surface area contributed by atoms with Crippen molar-refractivity contribution in [3.63, 3.8) is 0 Å². The molecule has 0 fully saturated rings. The molecule has 2 aromatic carbocycles. The molecule has 0 atom stereocenters. The summed E-state index contributed by atoms with van der Waals surface area (Å²) >= 11 is 0. The topological polar surface area (TPSA) is 116 Å². The number of benzene rings is 2. The first-order chi connectivity index (χ1) is 13.2. The first kappa shape index (κ1) is 16.1. The number of nitrogens with zero attached hydrogens (tertiary/aromatic N) is 5. The molecule has 0 saturated heterocycles. The van der Waals surface area contributed by atoms with Crippen LogP contribution in [0.5, 0.6) is 0 Å². The van der Waals surface area contributed by atoms with Crippen LogP contribution in [0, 0.1) is 22.7 Å². The second kappa shape index (κ2) is 6.51. The van der Waals surface area contributed by atoms with E-state index in [0.29, 0.717) is 17.2 Å². The Balaban J connectivity index is 1.97. The molecule has 0 aliphatic carbocycles. The van der Waals surface area contributed by atoms with E-state index in [0.717, 1.165) is 11.3 Å². The summed E-state index contributed by atoms with van der Waals surface area (Å²) in [5.74, 6) is 0.468. The van der Waals surface area contributed by atoms with Gasteiger partial charge in [0.25, 0.3) is 0 Å². The zero-order chi connectivity index (χ0) is 18.8. The molecule has 128 valence electrons. The predicted octanol–water partition coefficient (Wildman–Crippen LogP) is 3.47. The normalized spacial score (nSPS) is 10.3. The molecule has 4 aromatic rings. The van der Waals surface area contributed by atoms with Gasteiger partial charge in [0, 0.05) is 11.3 Å². The first-order valence-electron chi connectivity index (χ1n) is 8.13. The van der Waals surface area contributed by atoms with Crippen LogP contribution in [0.1, 0.15) is 11.1 Å². The molecule has 3 N–H and O–H groups in total. The molecular formula is C20H13N7. The molecular weight excluding hydrogens is 338 g/mol. The number of anilines is 3. The summed E-state index contributed by atoms with van der Waals surface area (Å²) in [6.45, 7) is 0. The Morgan fingerprint density at radius 1 is 0.889 bits per heavy atom. The molecule has 27 heavy (non-hydrogen) atoms. The number of nitrogen functional groups attached to an aromatic ring is 1. The monoisotopic (exact) mass is 351 g/mol. The van der Waals surface area contributed by atoms with Crippen molar-refractivity contribution in [2.75, 3.05) is 11.1 Å². The minimum Gasteiger partial charge on any atom is -0.382 e. The molecule has 0 radical (unpaired) electrons. The van der Waals surface area contributed by atoms with Gasteiger partial charge >= 0.3 is 0 Å². The highest BCUT2D eigenvalue weighted by Crippen LogP contribution is 2.30. The van der Waals surface area contributed by atoms with E-state index in [1.165, 1.54) is 4.52 Å².